The van der Waals surface area contributed by atoms with Crippen LogP contribution in [-0.4, -0.2) is 57.1 Å². The number of aliphatic hydroxyl groups is 1. The van der Waals surface area contributed by atoms with Crippen molar-refractivity contribution in [2.75, 3.05) is 41.9 Å². The number of nitrogens with zero attached hydrogens (tertiary/aromatic N) is 5. The lowest BCUT2D eigenvalue weighted by Crippen LogP contribution is -2.42. The van der Waals surface area contributed by atoms with Gasteiger partial charge in [0.05, 0.1) is 43.0 Å². The van der Waals surface area contributed by atoms with Gasteiger partial charge in [-0.15, -0.1) is 0 Å². The zero-order chi connectivity index (χ0) is 22.7. The van der Waals surface area contributed by atoms with Gasteiger partial charge >= 0.3 is 0 Å². The number of amides is 1. The third-order valence-electron chi connectivity index (χ3n) is 4.86. The first-order valence-corrected chi connectivity index (χ1v) is 10.2. The number of halogens is 2. The largest absolute Gasteiger partial charge is 0.394 e. The molecule has 4 rings (SSSR count). The van der Waals surface area contributed by atoms with Gasteiger partial charge in [0.1, 0.15) is 11.6 Å². The van der Waals surface area contributed by atoms with Crippen molar-refractivity contribution < 1.29 is 19.0 Å². The van der Waals surface area contributed by atoms with Crippen molar-refractivity contribution in [3.05, 3.63) is 53.2 Å². The Hall–Kier alpha value is -3.28. The summed E-state index contributed by atoms with van der Waals surface area (Å²) in [4.78, 5) is 21.9. The number of aliphatic hydroxyl groups excluding tert-OH is 1. The number of hydrogen-bond acceptors (Lipinski definition) is 8. The van der Waals surface area contributed by atoms with Gasteiger partial charge in [-0.1, -0.05) is 23.7 Å². The molecule has 168 valence electrons. The first-order chi connectivity index (χ1) is 15.5. The van der Waals surface area contributed by atoms with Crippen molar-refractivity contribution in [1.82, 2.24) is 19.7 Å². The highest BCUT2D eigenvalue weighted by atomic mass is 35.5. The van der Waals surface area contributed by atoms with Gasteiger partial charge in [0, 0.05) is 25.4 Å². The second kappa shape index (κ2) is 9.47. The molecule has 1 fully saturated rings. The smallest absolute Gasteiger partial charge is 0.253 e. The first-order valence-electron chi connectivity index (χ1n) is 9.78. The van der Waals surface area contributed by atoms with Crippen LogP contribution >= 0.6 is 11.6 Å². The molecule has 0 saturated carbocycles. The SMILES string of the molecule is Cn1cc(Nc2ncc(Cl)c(N[C@H](CO)c3cccc(N4CCOCC4=O)c3F)n2)cn1. The maximum absolute atomic E-state index is 15.4. The second-order valence-electron chi connectivity index (χ2n) is 7.08. The van der Waals surface area contributed by atoms with E-state index in [0.29, 0.717) is 12.3 Å². The quantitative estimate of drug-likeness (QED) is 0.490. The van der Waals surface area contributed by atoms with Gasteiger partial charge in [-0.3, -0.25) is 9.48 Å². The summed E-state index contributed by atoms with van der Waals surface area (Å²) in [5, 5.41) is 20.2. The maximum Gasteiger partial charge on any atom is 0.253 e. The summed E-state index contributed by atoms with van der Waals surface area (Å²) in [5.74, 6) is -0.493. The molecule has 32 heavy (non-hydrogen) atoms. The molecule has 1 amide bonds. The lowest BCUT2D eigenvalue weighted by Gasteiger charge is -2.28. The monoisotopic (exact) mass is 461 g/mol. The molecule has 3 N–H and O–H groups in total. The molecule has 0 bridgehead atoms. The Bertz CT molecular complexity index is 1130. The Morgan fingerprint density at radius 1 is 1.38 bits per heavy atom. The highest BCUT2D eigenvalue weighted by Gasteiger charge is 2.26. The van der Waals surface area contributed by atoms with Crippen LogP contribution in [0, 0.1) is 5.82 Å². The fourth-order valence-corrected chi connectivity index (χ4v) is 3.46. The molecule has 1 saturated heterocycles. The van der Waals surface area contributed by atoms with Gasteiger partial charge in [0.25, 0.3) is 5.91 Å². The summed E-state index contributed by atoms with van der Waals surface area (Å²) in [7, 11) is 1.78. The van der Waals surface area contributed by atoms with Crippen molar-refractivity contribution in [2.45, 2.75) is 6.04 Å². The van der Waals surface area contributed by atoms with Crippen molar-refractivity contribution in [2.24, 2.45) is 7.05 Å². The van der Waals surface area contributed by atoms with Crippen LogP contribution in [-0.2, 0) is 16.6 Å². The third kappa shape index (κ3) is 4.64. The summed E-state index contributed by atoms with van der Waals surface area (Å²) >= 11 is 6.23. The predicted molar refractivity (Wildman–Crippen MR) is 117 cm³/mol. The number of benzene rings is 1. The van der Waals surface area contributed by atoms with E-state index in [9.17, 15) is 9.90 Å². The van der Waals surface area contributed by atoms with Gasteiger partial charge in [0.15, 0.2) is 11.6 Å². The molecule has 0 spiro atoms. The molecule has 12 heteroatoms. The van der Waals surface area contributed by atoms with Crippen LogP contribution in [0.2, 0.25) is 5.02 Å². The zero-order valence-corrected chi connectivity index (χ0v) is 17.9. The Morgan fingerprint density at radius 3 is 2.94 bits per heavy atom. The van der Waals surface area contributed by atoms with Gasteiger partial charge in [-0.25, -0.2) is 9.37 Å². The summed E-state index contributed by atoms with van der Waals surface area (Å²) in [6, 6.07) is 3.80. The molecular formula is C20H21ClFN7O3. The van der Waals surface area contributed by atoms with E-state index in [4.69, 9.17) is 16.3 Å². The van der Waals surface area contributed by atoms with E-state index < -0.39 is 18.5 Å². The standard InChI is InChI=1S/C20H21ClFN7O3/c1-28-9-12(7-24-28)25-20-23-8-14(21)19(27-20)26-15(10-30)13-3-2-4-16(18(13)22)29-5-6-32-11-17(29)31/h2-4,7-9,15,30H,5-6,10-11H2,1H3,(H2,23,25,26,27)/t15-/m1/s1. The number of carbonyl (C=O) groups is 1. The average Bonchev–Trinajstić information content (AvgIpc) is 3.19. The Labute approximate surface area is 188 Å². The van der Waals surface area contributed by atoms with E-state index in [1.165, 1.54) is 23.2 Å². The van der Waals surface area contributed by atoms with Gasteiger partial charge in [-0.2, -0.15) is 10.1 Å². The number of carbonyl (C=O) groups excluding carboxylic acids is 1. The molecule has 0 aliphatic carbocycles. The topological polar surface area (TPSA) is 117 Å². The Kier molecular flexibility index (Phi) is 6.49. The summed E-state index contributed by atoms with van der Waals surface area (Å²) < 4.78 is 22.1. The number of aryl methyl sites for hydroxylation is 1. The minimum atomic E-state index is -0.871. The van der Waals surface area contributed by atoms with E-state index in [1.54, 1.807) is 30.2 Å². The highest BCUT2D eigenvalue weighted by Crippen LogP contribution is 2.31. The van der Waals surface area contributed by atoms with E-state index in [-0.39, 0.29) is 47.1 Å². The van der Waals surface area contributed by atoms with Crippen LogP contribution in [0.5, 0.6) is 0 Å². The third-order valence-corrected chi connectivity index (χ3v) is 5.14. The van der Waals surface area contributed by atoms with Crippen molar-refractivity contribution in [1.29, 1.82) is 0 Å². The normalized spacial score (nSPS) is 15.0. The number of rotatable bonds is 7. The average molecular weight is 462 g/mol. The van der Waals surface area contributed by atoms with Crippen molar-refractivity contribution in [3.8, 4) is 0 Å². The summed E-state index contributed by atoms with van der Waals surface area (Å²) in [6.07, 6.45) is 4.74. The molecule has 3 heterocycles. The van der Waals surface area contributed by atoms with E-state index in [2.05, 4.69) is 25.7 Å². The van der Waals surface area contributed by atoms with E-state index >= 15 is 4.39 Å². The minimum Gasteiger partial charge on any atom is -0.394 e. The minimum absolute atomic E-state index is 0.103. The predicted octanol–water partition coefficient (Wildman–Crippen LogP) is 2.25. The molecule has 2 aromatic heterocycles. The van der Waals surface area contributed by atoms with Crippen molar-refractivity contribution in [3.63, 3.8) is 0 Å². The van der Waals surface area contributed by atoms with Gasteiger partial charge < -0.3 is 25.4 Å². The van der Waals surface area contributed by atoms with Crippen LogP contribution in [0.15, 0.2) is 36.8 Å². The summed E-state index contributed by atoms with van der Waals surface area (Å²) in [5.41, 5.74) is 0.970. The second-order valence-corrected chi connectivity index (χ2v) is 7.48. The molecule has 0 unspecified atom stereocenters. The number of morpholine rings is 1. The molecule has 10 nitrogen and oxygen atoms in total. The number of hydrogen-bond donors (Lipinski definition) is 3. The van der Waals surface area contributed by atoms with Crippen LogP contribution < -0.4 is 15.5 Å². The van der Waals surface area contributed by atoms with Crippen LogP contribution in [0.3, 0.4) is 0 Å². The van der Waals surface area contributed by atoms with Crippen LogP contribution in [0.25, 0.3) is 0 Å². The molecule has 1 aliphatic rings. The van der Waals surface area contributed by atoms with E-state index in [1.807, 2.05) is 0 Å². The molecule has 0 radical (unpaired) electrons. The molecule has 3 aromatic rings. The highest BCUT2D eigenvalue weighted by molar-refractivity contribution is 6.32. The Morgan fingerprint density at radius 2 is 2.22 bits per heavy atom. The van der Waals surface area contributed by atoms with Crippen molar-refractivity contribution >= 4 is 40.6 Å². The number of nitrogens with one attached hydrogen (secondary N) is 2. The zero-order valence-electron chi connectivity index (χ0n) is 17.1. The molecular weight excluding hydrogens is 441 g/mol. The molecule has 1 atom stereocenters. The van der Waals surface area contributed by atoms with Crippen LogP contribution in [0.4, 0.5) is 27.5 Å². The van der Waals surface area contributed by atoms with Gasteiger partial charge in [0.2, 0.25) is 5.95 Å². The lowest BCUT2D eigenvalue weighted by atomic mass is 10.0. The lowest BCUT2D eigenvalue weighted by molar-refractivity contribution is -0.125. The fraction of sp³-hybridized carbons (Fsp3) is 0.300. The Balaban J connectivity index is 1.59. The number of aromatic nitrogens is 4. The van der Waals surface area contributed by atoms with Gasteiger partial charge in [-0.05, 0) is 6.07 Å². The maximum atomic E-state index is 15.4. The number of anilines is 4. The first kappa shape index (κ1) is 21.9. The molecule has 1 aromatic carbocycles. The number of ether oxygens (including phenoxy) is 1. The fourth-order valence-electron chi connectivity index (χ4n) is 3.32. The molecule has 1 aliphatic heterocycles. The van der Waals surface area contributed by atoms with Crippen LogP contribution in [0.1, 0.15) is 11.6 Å². The summed E-state index contributed by atoms with van der Waals surface area (Å²) in [6.45, 7) is 0.0234. The van der Waals surface area contributed by atoms with E-state index in [0.717, 1.165) is 0 Å².